The van der Waals surface area contributed by atoms with Gasteiger partial charge < -0.3 is 29.0 Å². The van der Waals surface area contributed by atoms with E-state index in [9.17, 15) is 4.79 Å². The molecule has 3 aliphatic heterocycles. The van der Waals surface area contributed by atoms with Crippen LogP contribution in [0, 0.1) is 12.7 Å². The molecule has 5 heterocycles. The Morgan fingerprint density at radius 1 is 1.05 bits per heavy atom. The van der Waals surface area contributed by atoms with Crippen molar-refractivity contribution >= 4 is 28.6 Å². The molecule has 4 aromatic rings. The van der Waals surface area contributed by atoms with Crippen LogP contribution in [0.5, 0.6) is 0 Å². The van der Waals surface area contributed by atoms with Crippen molar-refractivity contribution in [2.75, 3.05) is 64.5 Å². The van der Waals surface area contributed by atoms with E-state index in [-0.39, 0.29) is 17.1 Å². The summed E-state index contributed by atoms with van der Waals surface area (Å²) in [4.78, 5) is 26.1. The van der Waals surface area contributed by atoms with Crippen LogP contribution in [-0.4, -0.2) is 95.1 Å². The van der Waals surface area contributed by atoms with Crippen LogP contribution in [0.2, 0.25) is 0 Å². The molecule has 3 aliphatic rings. The lowest BCUT2D eigenvalue weighted by Crippen LogP contribution is -2.62. The lowest BCUT2D eigenvalue weighted by atomic mass is 9.98. The SMILES string of the molecule is Cc1ccc(Nc2ncc3ccn(-c4ccc(C(=O)N5CCOCC5)c(F)c4)c3n2)cc1CN1CCOC2(COC2)C1. The molecule has 10 nitrogen and oxygen atoms in total. The van der Waals surface area contributed by atoms with Gasteiger partial charge in [0.1, 0.15) is 17.1 Å². The first-order valence-corrected chi connectivity index (χ1v) is 14.3. The third-order valence-corrected chi connectivity index (χ3v) is 8.24. The fourth-order valence-electron chi connectivity index (χ4n) is 5.80. The number of hydrogen-bond donors (Lipinski definition) is 1. The first kappa shape index (κ1) is 27.0. The first-order chi connectivity index (χ1) is 20.5. The molecule has 7 rings (SSSR count). The van der Waals surface area contributed by atoms with Crippen LogP contribution in [0.25, 0.3) is 16.7 Å². The summed E-state index contributed by atoms with van der Waals surface area (Å²) in [5, 5.41) is 4.17. The van der Waals surface area contributed by atoms with Gasteiger partial charge in [-0.2, -0.15) is 4.98 Å². The zero-order valence-electron chi connectivity index (χ0n) is 23.5. The standard InChI is InChI=1S/C31H33FN6O4/c1-21-2-3-24(14-23(21)17-36-8-13-42-31(18-36)19-41-20-31)34-30-33-16-22-6-7-38(28(22)35-30)25-4-5-26(27(32)15-25)29(39)37-9-11-40-12-10-37/h2-7,14-16H,8-13,17-20H2,1H3,(H,33,34,35). The van der Waals surface area contributed by atoms with Crippen molar-refractivity contribution in [1.29, 1.82) is 0 Å². The molecule has 3 fully saturated rings. The Bertz CT molecular complexity index is 1630. The molecule has 0 unspecified atom stereocenters. The number of anilines is 2. The molecule has 1 spiro atoms. The maximum atomic E-state index is 15.2. The second-order valence-corrected chi connectivity index (χ2v) is 11.2. The van der Waals surface area contributed by atoms with Gasteiger partial charge in [-0.05, 0) is 54.4 Å². The average molecular weight is 573 g/mol. The number of aryl methyl sites for hydroxylation is 1. The second-order valence-electron chi connectivity index (χ2n) is 11.2. The largest absolute Gasteiger partial charge is 0.378 e. The van der Waals surface area contributed by atoms with Crippen LogP contribution < -0.4 is 5.32 Å². The quantitative estimate of drug-likeness (QED) is 0.374. The van der Waals surface area contributed by atoms with Gasteiger partial charge in [-0.3, -0.25) is 9.69 Å². The predicted octanol–water partition coefficient (Wildman–Crippen LogP) is 3.69. The van der Waals surface area contributed by atoms with E-state index in [4.69, 9.17) is 19.2 Å². The first-order valence-electron chi connectivity index (χ1n) is 14.3. The molecule has 0 saturated carbocycles. The van der Waals surface area contributed by atoms with E-state index in [0.29, 0.717) is 63.4 Å². The lowest BCUT2D eigenvalue weighted by molar-refractivity contribution is -0.238. The summed E-state index contributed by atoms with van der Waals surface area (Å²) in [5.74, 6) is -0.452. The molecule has 1 N–H and O–H groups in total. The fraction of sp³-hybridized carbons (Fsp3) is 0.387. The van der Waals surface area contributed by atoms with Crippen molar-refractivity contribution in [3.63, 3.8) is 0 Å². The topological polar surface area (TPSA) is 94.0 Å². The maximum absolute atomic E-state index is 15.2. The van der Waals surface area contributed by atoms with Gasteiger partial charge >= 0.3 is 0 Å². The van der Waals surface area contributed by atoms with Gasteiger partial charge in [-0.1, -0.05) is 6.07 Å². The van der Waals surface area contributed by atoms with Crippen LogP contribution >= 0.6 is 0 Å². The number of amides is 1. The van der Waals surface area contributed by atoms with Gasteiger partial charge in [-0.15, -0.1) is 0 Å². The van der Waals surface area contributed by atoms with Crippen molar-refractivity contribution in [1.82, 2.24) is 24.3 Å². The van der Waals surface area contributed by atoms with Crippen molar-refractivity contribution in [3.05, 3.63) is 77.4 Å². The van der Waals surface area contributed by atoms with Crippen molar-refractivity contribution in [2.24, 2.45) is 0 Å². The van der Waals surface area contributed by atoms with Crippen molar-refractivity contribution in [2.45, 2.75) is 19.1 Å². The zero-order valence-corrected chi connectivity index (χ0v) is 23.5. The molecule has 3 saturated heterocycles. The van der Waals surface area contributed by atoms with E-state index in [1.807, 2.05) is 18.3 Å². The van der Waals surface area contributed by atoms with E-state index >= 15 is 4.39 Å². The number of morpholine rings is 2. The number of ether oxygens (including phenoxy) is 3. The molecule has 2 aromatic carbocycles. The molecule has 42 heavy (non-hydrogen) atoms. The minimum absolute atomic E-state index is 0.0533. The van der Waals surface area contributed by atoms with Crippen molar-refractivity contribution < 1.29 is 23.4 Å². The summed E-state index contributed by atoms with van der Waals surface area (Å²) in [6.07, 6.45) is 3.57. The summed E-state index contributed by atoms with van der Waals surface area (Å²) in [6.45, 7) is 8.58. The number of nitrogens with zero attached hydrogens (tertiary/aromatic N) is 5. The minimum atomic E-state index is -0.568. The number of carbonyl (C=O) groups is 1. The average Bonchev–Trinajstić information content (AvgIpc) is 3.42. The van der Waals surface area contributed by atoms with Gasteiger partial charge in [0.2, 0.25) is 5.95 Å². The van der Waals surface area contributed by atoms with Crippen LogP contribution in [0.15, 0.2) is 54.9 Å². The summed E-state index contributed by atoms with van der Waals surface area (Å²) in [5.41, 5.74) is 4.44. The number of fused-ring (bicyclic) bond motifs is 1. The Balaban J connectivity index is 1.10. The van der Waals surface area contributed by atoms with E-state index in [1.54, 1.807) is 21.7 Å². The summed E-state index contributed by atoms with van der Waals surface area (Å²) < 4.78 is 33.7. The van der Waals surface area contributed by atoms with Gasteiger partial charge in [0.25, 0.3) is 5.91 Å². The number of halogens is 1. The highest BCUT2D eigenvalue weighted by Crippen LogP contribution is 2.29. The molecule has 11 heteroatoms. The van der Waals surface area contributed by atoms with Crippen molar-refractivity contribution in [3.8, 4) is 5.69 Å². The Kier molecular flexibility index (Phi) is 7.10. The predicted molar refractivity (Wildman–Crippen MR) is 155 cm³/mol. The monoisotopic (exact) mass is 572 g/mol. The molecule has 1 amide bonds. The normalized spacial score (nSPS) is 18.8. The molecule has 0 radical (unpaired) electrons. The molecular formula is C31H33FN6O4. The molecule has 0 bridgehead atoms. The summed E-state index contributed by atoms with van der Waals surface area (Å²) >= 11 is 0. The number of nitrogens with one attached hydrogen (secondary N) is 1. The summed E-state index contributed by atoms with van der Waals surface area (Å²) in [7, 11) is 0. The molecule has 0 atom stereocenters. The van der Waals surface area contributed by atoms with E-state index in [2.05, 4.69) is 34.3 Å². The Morgan fingerprint density at radius 3 is 2.69 bits per heavy atom. The minimum Gasteiger partial charge on any atom is -0.378 e. The lowest BCUT2D eigenvalue weighted by Gasteiger charge is -2.47. The van der Waals surface area contributed by atoms with Crippen LogP contribution in [0.3, 0.4) is 0 Å². The van der Waals surface area contributed by atoms with E-state index in [0.717, 1.165) is 30.7 Å². The number of carbonyl (C=O) groups excluding carboxylic acids is 1. The highest BCUT2D eigenvalue weighted by Gasteiger charge is 2.43. The Morgan fingerprint density at radius 2 is 1.90 bits per heavy atom. The molecule has 218 valence electrons. The Hall–Kier alpha value is -3.90. The van der Waals surface area contributed by atoms with Crippen LogP contribution in [0.4, 0.5) is 16.0 Å². The van der Waals surface area contributed by atoms with Crippen LogP contribution in [0.1, 0.15) is 21.5 Å². The number of hydrogen-bond acceptors (Lipinski definition) is 8. The Labute approximate surface area is 243 Å². The van der Waals surface area contributed by atoms with E-state index < -0.39 is 5.82 Å². The zero-order chi connectivity index (χ0) is 28.7. The fourth-order valence-corrected chi connectivity index (χ4v) is 5.80. The second kappa shape index (κ2) is 11.1. The third kappa shape index (κ3) is 5.24. The number of benzene rings is 2. The smallest absolute Gasteiger partial charge is 0.256 e. The van der Waals surface area contributed by atoms with Gasteiger partial charge in [0.15, 0.2) is 0 Å². The third-order valence-electron chi connectivity index (χ3n) is 8.24. The molecule has 0 aliphatic carbocycles. The molecule has 2 aromatic heterocycles. The highest BCUT2D eigenvalue weighted by molar-refractivity contribution is 5.95. The van der Waals surface area contributed by atoms with Crippen LogP contribution in [-0.2, 0) is 20.8 Å². The van der Waals surface area contributed by atoms with Gasteiger partial charge in [0.05, 0.1) is 38.6 Å². The number of rotatable bonds is 6. The maximum Gasteiger partial charge on any atom is 0.256 e. The molecular weight excluding hydrogens is 539 g/mol. The van der Waals surface area contributed by atoms with E-state index in [1.165, 1.54) is 23.3 Å². The number of aromatic nitrogens is 3. The van der Waals surface area contributed by atoms with Gasteiger partial charge in [-0.25, -0.2) is 9.37 Å². The summed E-state index contributed by atoms with van der Waals surface area (Å²) in [6, 6.07) is 12.8. The highest BCUT2D eigenvalue weighted by atomic mass is 19.1. The van der Waals surface area contributed by atoms with Gasteiger partial charge in [0, 0.05) is 61.9 Å².